The standard InChI is InChI=1S/C18H29N3O2S/c1-15(2)7-8-16-6-5-13-21(16)18-10-9-17(14-19-18)24(22,23)20-11-3-4-12-20/h9-10,14-16H,3-8,11-13H2,1-2H3. The molecule has 3 rings (SSSR count). The van der Waals surface area contributed by atoms with Crippen molar-refractivity contribution in [3.8, 4) is 0 Å². The highest BCUT2D eigenvalue weighted by Crippen LogP contribution is 2.29. The Morgan fingerprint density at radius 2 is 1.92 bits per heavy atom. The fourth-order valence-electron chi connectivity index (χ4n) is 3.74. The molecule has 0 bridgehead atoms. The van der Waals surface area contributed by atoms with Crippen molar-refractivity contribution in [1.29, 1.82) is 0 Å². The fraction of sp³-hybridized carbons (Fsp3) is 0.722. The lowest BCUT2D eigenvalue weighted by Crippen LogP contribution is -2.31. The summed E-state index contributed by atoms with van der Waals surface area (Å²) in [6.45, 7) is 6.81. The lowest BCUT2D eigenvalue weighted by atomic mass is 10.0. The molecule has 2 saturated heterocycles. The number of anilines is 1. The van der Waals surface area contributed by atoms with Crippen LogP contribution in [-0.2, 0) is 10.0 Å². The molecule has 0 aromatic carbocycles. The zero-order valence-electron chi connectivity index (χ0n) is 14.8. The Labute approximate surface area is 146 Å². The first kappa shape index (κ1) is 17.7. The first-order valence-electron chi connectivity index (χ1n) is 9.21. The molecule has 2 aliphatic rings. The highest BCUT2D eigenvalue weighted by atomic mass is 32.2. The van der Waals surface area contributed by atoms with Crippen molar-refractivity contribution >= 4 is 15.8 Å². The molecule has 1 atom stereocenters. The monoisotopic (exact) mass is 351 g/mol. The van der Waals surface area contributed by atoms with Gasteiger partial charge in [-0.3, -0.25) is 0 Å². The van der Waals surface area contributed by atoms with E-state index in [9.17, 15) is 8.42 Å². The predicted octanol–water partition coefficient (Wildman–Crippen LogP) is 3.27. The predicted molar refractivity (Wildman–Crippen MR) is 96.7 cm³/mol. The van der Waals surface area contributed by atoms with Crippen molar-refractivity contribution in [3.05, 3.63) is 18.3 Å². The van der Waals surface area contributed by atoms with Crippen molar-refractivity contribution in [3.63, 3.8) is 0 Å². The molecular weight excluding hydrogens is 322 g/mol. The molecule has 134 valence electrons. The number of rotatable bonds is 6. The maximum atomic E-state index is 12.6. The minimum atomic E-state index is -3.36. The van der Waals surface area contributed by atoms with Crippen LogP contribution in [0.15, 0.2) is 23.2 Å². The maximum Gasteiger partial charge on any atom is 0.244 e. The molecule has 0 aliphatic carbocycles. The molecule has 1 unspecified atom stereocenters. The summed E-state index contributed by atoms with van der Waals surface area (Å²) in [6, 6.07) is 4.16. The molecule has 1 aromatic heterocycles. The molecule has 1 aromatic rings. The summed E-state index contributed by atoms with van der Waals surface area (Å²) in [5, 5.41) is 0. The van der Waals surface area contributed by atoms with Crippen LogP contribution < -0.4 is 4.90 Å². The summed E-state index contributed by atoms with van der Waals surface area (Å²) in [6.07, 6.45) is 8.27. The smallest absolute Gasteiger partial charge is 0.244 e. The summed E-state index contributed by atoms with van der Waals surface area (Å²) in [7, 11) is -3.36. The highest BCUT2D eigenvalue weighted by Gasteiger charge is 2.29. The van der Waals surface area contributed by atoms with E-state index in [-0.39, 0.29) is 0 Å². The van der Waals surface area contributed by atoms with E-state index in [1.54, 1.807) is 16.6 Å². The van der Waals surface area contributed by atoms with Crippen LogP contribution in [0.25, 0.3) is 0 Å². The van der Waals surface area contributed by atoms with Crippen molar-refractivity contribution in [2.75, 3.05) is 24.5 Å². The SMILES string of the molecule is CC(C)CCC1CCCN1c1ccc(S(=O)(=O)N2CCCC2)cn1. The van der Waals surface area contributed by atoms with Gasteiger partial charge in [0.1, 0.15) is 10.7 Å². The summed E-state index contributed by atoms with van der Waals surface area (Å²) in [5.41, 5.74) is 0. The molecule has 2 aliphatic heterocycles. The number of hydrogen-bond acceptors (Lipinski definition) is 4. The maximum absolute atomic E-state index is 12.6. The van der Waals surface area contributed by atoms with Crippen LogP contribution in [-0.4, -0.2) is 43.4 Å². The minimum absolute atomic E-state index is 0.325. The Morgan fingerprint density at radius 3 is 2.54 bits per heavy atom. The van der Waals surface area contributed by atoms with Gasteiger partial charge >= 0.3 is 0 Å². The van der Waals surface area contributed by atoms with Crippen molar-refractivity contribution in [1.82, 2.24) is 9.29 Å². The lowest BCUT2D eigenvalue weighted by Gasteiger charge is -2.26. The number of aromatic nitrogens is 1. The molecule has 0 amide bonds. The van der Waals surface area contributed by atoms with Gasteiger partial charge in [-0.05, 0) is 56.6 Å². The van der Waals surface area contributed by atoms with Crippen LogP contribution in [0.1, 0.15) is 52.4 Å². The zero-order valence-corrected chi connectivity index (χ0v) is 15.6. The molecule has 0 radical (unpaired) electrons. The van der Waals surface area contributed by atoms with Gasteiger partial charge in [0.25, 0.3) is 0 Å². The van der Waals surface area contributed by atoms with Crippen LogP contribution in [0.4, 0.5) is 5.82 Å². The average molecular weight is 352 g/mol. The van der Waals surface area contributed by atoms with Gasteiger partial charge in [-0.15, -0.1) is 0 Å². The second-order valence-corrected chi connectivity index (χ2v) is 9.36. The van der Waals surface area contributed by atoms with E-state index in [1.807, 2.05) is 6.07 Å². The molecule has 3 heterocycles. The minimum Gasteiger partial charge on any atom is -0.354 e. The van der Waals surface area contributed by atoms with Crippen molar-refractivity contribution < 1.29 is 8.42 Å². The van der Waals surface area contributed by atoms with Crippen LogP contribution >= 0.6 is 0 Å². The van der Waals surface area contributed by atoms with E-state index in [4.69, 9.17) is 0 Å². The van der Waals surface area contributed by atoms with Gasteiger partial charge in [-0.25, -0.2) is 13.4 Å². The van der Waals surface area contributed by atoms with Gasteiger partial charge in [-0.1, -0.05) is 13.8 Å². The largest absolute Gasteiger partial charge is 0.354 e. The van der Waals surface area contributed by atoms with E-state index in [2.05, 4.69) is 23.7 Å². The normalized spacial score (nSPS) is 22.6. The van der Waals surface area contributed by atoms with Gasteiger partial charge in [0.05, 0.1) is 0 Å². The van der Waals surface area contributed by atoms with Gasteiger partial charge < -0.3 is 4.90 Å². The fourth-order valence-corrected chi connectivity index (χ4v) is 5.20. The Balaban J connectivity index is 1.72. The third-order valence-electron chi connectivity index (χ3n) is 5.17. The van der Waals surface area contributed by atoms with E-state index >= 15 is 0 Å². The molecule has 0 N–H and O–H groups in total. The first-order valence-corrected chi connectivity index (χ1v) is 10.7. The Hall–Kier alpha value is -1.14. The molecule has 0 saturated carbocycles. The number of nitrogens with zero attached hydrogens (tertiary/aromatic N) is 3. The van der Waals surface area contributed by atoms with Crippen LogP contribution in [0.3, 0.4) is 0 Å². The van der Waals surface area contributed by atoms with Crippen molar-refractivity contribution in [2.24, 2.45) is 5.92 Å². The molecule has 24 heavy (non-hydrogen) atoms. The number of hydrogen-bond donors (Lipinski definition) is 0. The van der Waals surface area contributed by atoms with E-state index in [0.29, 0.717) is 29.9 Å². The van der Waals surface area contributed by atoms with Gasteiger partial charge in [0.15, 0.2) is 0 Å². The zero-order chi connectivity index (χ0) is 17.2. The van der Waals surface area contributed by atoms with E-state index in [1.165, 1.54) is 25.7 Å². The van der Waals surface area contributed by atoms with Crippen LogP contribution in [0, 0.1) is 5.92 Å². The van der Waals surface area contributed by atoms with Crippen LogP contribution in [0.5, 0.6) is 0 Å². The van der Waals surface area contributed by atoms with Gasteiger partial charge in [0.2, 0.25) is 10.0 Å². The Bertz CT molecular complexity index is 637. The topological polar surface area (TPSA) is 53.5 Å². The van der Waals surface area contributed by atoms with E-state index < -0.39 is 10.0 Å². The second-order valence-electron chi connectivity index (χ2n) is 7.42. The van der Waals surface area contributed by atoms with E-state index in [0.717, 1.165) is 25.2 Å². The van der Waals surface area contributed by atoms with Crippen molar-refractivity contribution in [2.45, 2.75) is 63.3 Å². The summed E-state index contributed by atoms with van der Waals surface area (Å²) >= 11 is 0. The molecule has 0 spiro atoms. The van der Waals surface area contributed by atoms with Crippen LogP contribution in [0.2, 0.25) is 0 Å². The average Bonchev–Trinajstić information content (AvgIpc) is 3.24. The summed E-state index contributed by atoms with van der Waals surface area (Å²) in [4.78, 5) is 7.18. The summed E-state index contributed by atoms with van der Waals surface area (Å²) in [5.74, 6) is 1.63. The number of sulfonamides is 1. The first-order chi connectivity index (χ1) is 11.5. The highest BCUT2D eigenvalue weighted by molar-refractivity contribution is 7.89. The van der Waals surface area contributed by atoms with Gasteiger partial charge in [-0.2, -0.15) is 4.31 Å². The van der Waals surface area contributed by atoms with Gasteiger partial charge in [0, 0.05) is 31.9 Å². The third-order valence-corrected chi connectivity index (χ3v) is 7.05. The third kappa shape index (κ3) is 3.75. The second kappa shape index (κ2) is 7.40. The molecule has 6 heteroatoms. The molecule has 5 nitrogen and oxygen atoms in total. The lowest BCUT2D eigenvalue weighted by molar-refractivity contribution is 0.477. The number of pyridine rings is 1. The summed E-state index contributed by atoms with van der Waals surface area (Å²) < 4.78 is 26.7. The Morgan fingerprint density at radius 1 is 1.17 bits per heavy atom. The molecule has 2 fully saturated rings. The molecular formula is C18H29N3O2S. The Kier molecular flexibility index (Phi) is 5.45. The quantitative estimate of drug-likeness (QED) is 0.789.